The van der Waals surface area contributed by atoms with Gasteiger partial charge in [0.25, 0.3) is 0 Å². The Hall–Kier alpha value is -0.710. The normalized spacial score (nSPS) is 10.6. The van der Waals surface area contributed by atoms with E-state index in [1.165, 1.54) is 9.75 Å². The minimum Gasteiger partial charge on any atom is -0.325 e. The van der Waals surface area contributed by atoms with Crippen LogP contribution in [0.1, 0.15) is 9.88 Å². The first-order valence-corrected chi connectivity index (χ1v) is 5.71. The maximum atomic E-state index is 5.54. The molecule has 0 bridgehead atoms. The first-order chi connectivity index (χ1) is 6.31. The molecule has 2 aromatic heterocycles. The highest BCUT2D eigenvalue weighted by atomic mass is 32.1. The van der Waals surface area contributed by atoms with Gasteiger partial charge in [-0.1, -0.05) is 6.07 Å². The van der Waals surface area contributed by atoms with Crippen molar-refractivity contribution >= 4 is 22.7 Å². The van der Waals surface area contributed by atoms with E-state index in [4.69, 9.17) is 5.73 Å². The van der Waals surface area contributed by atoms with E-state index in [1.54, 1.807) is 22.7 Å². The molecule has 0 atom stereocenters. The lowest BCUT2D eigenvalue weighted by molar-refractivity contribution is 1.04. The Balaban J connectivity index is 2.46. The average molecular weight is 210 g/mol. The van der Waals surface area contributed by atoms with E-state index in [9.17, 15) is 0 Å². The van der Waals surface area contributed by atoms with Crippen LogP contribution in [0.3, 0.4) is 0 Å². The van der Waals surface area contributed by atoms with E-state index in [0.717, 1.165) is 10.7 Å². The fourth-order valence-corrected chi connectivity index (χ4v) is 2.84. The molecule has 0 spiro atoms. The number of thiophene rings is 1. The number of aryl methyl sites for hydroxylation is 1. The van der Waals surface area contributed by atoms with Crippen molar-refractivity contribution in [1.82, 2.24) is 4.98 Å². The standard InChI is InChI=1S/C9H10N2S2/c1-6-9(7-3-2-4-12-7)11-8(5-10)13-6/h2-4H,5,10H2,1H3. The van der Waals surface area contributed by atoms with Gasteiger partial charge in [0, 0.05) is 11.4 Å². The summed E-state index contributed by atoms with van der Waals surface area (Å²) in [6.07, 6.45) is 0. The van der Waals surface area contributed by atoms with Crippen LogP contribution in [0.4, 0.5) is 0 Å². The highest BCUT2D eigenvalue weighted by molar-refractivity contribution is 7.15. The fraction of sp³-hybridized carbons (Fsp3) is 0.222. The van der Waals surface area contributed by atoms with E-state index >= 15 is 0 Å². The number of nitrogens with two attached hydrogens (primary N) is 1. The lowest BCUT2D eigenvalue weighted by Crippen LogP contribution is -1.94. The van der Waals surface area contributed by atoms with Crippen molar-refractivity contribution in [2.45, 2.75) is 13.5 Å². The monoisotopic (exact) mass is 210 g/mol. The van der Waals surface area contributed by atoms with E-state index < -0.39 is 0 Å². The van der Waals surface area contributed by atoms with Crippen LogP contribution < -0.4 is 5.73 Å². The van der Waals surface area contributed by atoms with Crippen LogP contribution in [0, 0.1) is 6.92 Å². The van der Waals surface area contributed by atoms with Crippen LogP contribution in [-0.4, -0.2) is 4.98 Å². The number of hydrogen-bond donors (Lipinski definition) is 1. The van der Waals surface area contributed by atoms with Gasteiger partial charge in [-0.25, -0.2) is 4.98 Å². The molecule has 0 aliphatic heterocycles. The van der Waals surface area contributed by atoms with Gasteiger partial charge in [-0.3, -0.25) is 0 Å². The maximum absolute atomic E-state index is 5.54. The van der Waals surface area contributed by atoms with Crippen LogP contribution >= 0.6 is 22.7 Å². The number of nitrogens with zero attached hydrogens (tertiary/aromatic N) is 1. The number of thiazole rings is 1. The Bertz CT molecular complexity index is 390. The molecule has 2 rings (SSSR count). The Kier molecular flexibility index (Phi) is 2.44. The quantitative estimate of drug-likeness (QED) is 0.827. The second kappa shape index (κ2) is 3.57. The molecule has 4 heteroatoms. The highest BCUT2D eigenvalue weighted by Gasteiger charge is 2.08. The fourth-order valence-electron chi connectivity index (χ4n) is 1.18. The molecule has 13 heavy (non-hydrogen) atoms. The number of hydrogen-bond acceptors (Lipinski definition) is 4. The molecule has 0 aliphatic carbocycles. The molecule has 0 radical (unpaired) electrons. The molecule has 0 amide bonds. The van der Waals surface area contributed by atoms with Crippen LogP contribution in [-0.2, 0) is 6.54 Å². The van der Waals surface area contributed by atoms with E-state index in [0.29, 0.717) is 6.54 Å². The van der Waals surface area contributed by atoms with Gasteiger partial charge >= 0.3 is 0 Å². The first-order valence-electron chi connectivity index (χ1n) is 4.01. The summed E-state index contributed by atoms with van der Waals surface area (Å²) in [5.41, 5.74) is 6.63. The summed E-state index contributed by atoms with van der Waals surface area (Å²) >= 11 is 3.40. The predicted octanol–water partition coefficient (Wildman–Crippen LogP) is 2.64. The Morgan fingerprint density at radius 3 is 2.92 bits per heavy atom. The minimum absolute atomic E-state index is 0.539. The summed E-state index contributed by atoms with van der Waals surface area (Å²) in [5.74, 6) is 0. The summed E-state index contributed by atoms with van der Waals surface area (Å²) in [6, 6.07) is 4.13. The lowest BCUT2D eigenvalue weighted by Gasteiger charge is -1.90. The van der Waals surface area contributed by atoms with Gasteiger partial charge in [0.1, 0.15) is 5.01 Å². The Labute approximate surface area is 85.1 Å². The molecule has 2 N–H and O–H groups in total. The first kappa shape index (κ1) is 8.87. The summed E-state index contributed by atoms with van der Waals surface area (Å²) in [5, 5.41) is 3.08. The molecule has 2 heterocycles. The molecule has 0 aliphatic rings. The van der Waals surface area contributed by atoms with Gasteiger partial charge in [0.15, 0.2) is 0 Å². The summed E-state index contributed by atoms with van der Waals surface area (Å²) in [4.78, 5) is 6.96. The topological polar surface area (TPSA) is 38.9 Å². The Morgan fingerprint density at radius 2 is 2.38 bits per heavy atom. The van der Waals surface area contributed by atoms with E-state index in [2.05, 4.69) is 23.4 Å². The van der Waals surface area contributed by atoms with Crippen molar-refractivity contribution in [1.29, 1.82) is 0 Å². The minimum atomic E-state index is 0.539. The molecule has 2 nitrogen and oxygen atoms in total. The van der Waals surface area contributed by atoms with Crippen molar-refractivity contribution in [3.8, 4) is 10.6 Å². The number of rotatable bonds is 2. The van der Waals surface area contributed by atoms with Crippen molar-refractivity contribution in [2.24, 2.45) is 5.73 Å². The molecule has 0 saturated heterocycles. The van der Waals surface area contributed by atoms with E-state index in [1.807, 2.05) is 6.07 Å². The van der Waals surface area contributed by atoms with Gasteiger partial charge in [0.05, 0.1) is 10.6 Å². The third kappa shape index (κ3) is 1.65. The largest absolute Gasteiger partial charge is 0.325 e. The zero-order chi connectivity index (χ0) is 9.26. The molecule has 68 valence electrons. The van der Waals surface area contributed by atoms with Crippen molar-refractivity contribution < 1.29 is 0 Å². The van der Waals surface area contributed by atoms with Gasteiger partial charge in [-0.05, 0) is 18.4 Å². The van der Waals surface area contributed by atoms with Crippen LogP contribution in [0.5, 0.6) is 0 Å². The highest BCUT2D eigenvalue weighted by Crippen LogP contribution is 2.30. The third-order valence-electron chi connectivity index (χ3n) is 1.77. The summed E-state index contributed by atoms with van der Waals surface area (Å²) in [7, 11) is 0. The van der Waals surface area contributed by atoms with Gasteiger partial charge < -0.3 is 5.73 Å². The van der Waals surface area contributed by atoms with Gasteiger partial charge in [-0.2, -0.15) is 0 Å². The van der Waals surface area contributed by atoms with Gasteiger partial charge in [-0.15, -0.1) is 22.7 Å². The van der Waals surface area contributed by atoms with Gasteiger partial charge in [0.2, 0.25) is 0 Å². The molecular formula is C9H10N2S2. The second-order valence-electron chi connectivity index (χ2n) is 2.69. The van der Waals surface area contributed by atoms with Crippen LogP contribution in [0.25, 0.3) is 10.6 Å². The van der Waals surface area contributed by atoms with Crippen molar-refractivity contribution in [3.63, 3.8) is 0 Å². The third-order valence-corrected chi connectivity index (χ3v) is 3.64. The molecule has 0 fully saturated rings. The molecule has 0 saturated carbocycles. The molecule has 2 aromatic rings. The van der Waals surface area contributed by atoms with Crippen molar-refractivity contribution in [2.75, 3.05) is 0 Å². The second-order valence-corrected chi connectivity index (χ2v) is 4.93. The maximum Gasteiger partial charge on any atom is 0.107 e. The predicted molar refractivity (Wildman–Crippen MR) is 58.1 cm³/mol. The zero-order valence-electron chi connectivity index (χ0n) is 7.28. The number of aromatic nitrogens is 1. The SMILES string of the molecule is Cc1sc(CN)nc1-c1cccs1. The molecule has 0 aromatic carbocycles. The van der Waals surface area contributed by atoms with E-state index in [-0.39, 0.29) is 0 Å². The lowest BCUT2D eigenvalue weighted by atomic mass is 10.3. The van der Waals surface area contributed by atoms with Crippen molar-refractivity contribution in [3.05, 3.63) is 27.4 Å². The average Bonchev–Trinajstić information content (AvgIpc) is 2.72. The summed E-state index contributed by atoms with van der Waals surface area (Å²) < 4.78 is 0. The molecular weight excluding hydrogens is 200 g/mol. The van der Waals surface area contributed by atoms with Crippen LogP contribution in [0.2, 0.25) is 0 Å². The Morgan fingerprint density at radius 1 is 1.54 bits per heavy atom. The molecule has 0 unspecified atom stereocenters. The zero-order valence-corrected chi connectivity index (χ0v) is 8.91. The van der Waals surface area contributed by atoms with Crippen LogP contribution in [0.15, 0.2) is 17.5 Å². The smallest absolute Gasteiger partial charge is 0.107 e. The summed E-state index contributed by atoms with van der Waals surface area (Å²) in [6.45, 7) is 2.63.